The van der Waals surface area contributed by atoms with E-state index in [0.29, 0.717) is 27.1 Å². The summed E-state index contributed by atoms with van der Waals surface area (Å²) in [5.74, 6) is -1.05. The summed E-state index contributed by atoms with van der Waals surface area (Å²) in [6.07, 6.45) is 2.58. The van der Waals surface area contributed by atoms with E-state index in [1.165, 1.54) is 10.6 Å². The average Bonchev–Trinajstić information content (AvgIpc) is 2.57. The number of aromatic nitrogens is 1. The molecule has 0 aliphatic heterocycles. The molecule has 0 atom stereocenters. The van der Waals surface area contributed by atoms with Crippen LogP contribution < -0.4 is 5.56 Å². The van der Waals surface area contributed by atoms with Gasteiger partial charge in [-0.25, -0.2) is 4.79 Å². The second-order valence-electron chi connectivity index (χ2n) is 5.35. The first kappa shape index (κ1) is 16.0. The number of benzene rings is 2. The lowest BCUT2D eigenvalue weighted by Crippen LogP contribution is -2.20. The normalized spacial score (nSPS) is 11.2. The van der Waals surface area contributed by atoms with Crippen molar-refractivity contribution in [3.05, 3.63) is 75.5 Å². The highest BCUT2D eigenvalue weighted by atomic mass is 35.5. The number of nitrogens with zero attached hydrogens (tertiary/aromatic N) is 1. The molecule has 0 saturated heterocycles. The van der Waals surface area contributed by atoms with Crippen LogP contribution in [-0.2, 0) is 11.8 Å². The summed E-state index contributed by atoms with van der Waals surface area (Å²) >= 11 is 6.02. The molecule has 1 heterocycles. The second-order valence-corrected chi connectivity index (χ2v) is 5.79. The maximum Gasteiger partial charge on any atom is 0.328 e. The summed E-state index contributed by atoms with van der Waals surface area (Å²) in [6.45, 7) is 0. The van der Waals surface area contributed by atoms with Crippen molar-refractivity contribution in [1.82, 2.24) is 4.57 Å². The van der Waals surface area contributed by atoms with Gasteiger partial charge in [0, 0.05) is 29.1 Å². The van der Waals surface area contributed by atoms with Crippen molar-refractivity contribution in [2.45, 2.75) is 0 Å². The van der Waals surface area contributed by atoms with Gasteiger partial charge in [0.1, 0.15) is 0 Å². The topological polar surface area (TPSA) is 59.3 Å². The molecule has 24 heavy (non-hydrogen) atoms. The first-order valence-corrected chi connectivity index (χ1v) is 7.65. The van der Waals surface area contributed by atoms with E-state index in [1.54, 1.807) is 25.2 Å². The molecule has 0 saturated carbocycles. The van der Waals surface area contributed by atoms with Gasteiger partial charge in [-0.1, -0.05) is 48.0 Å². The van der Waals surface area contributed by atoms with Crippen molar-refractivity contribution < 1.29 is 9.90 Å². The molecule has 1 aromatic heterocycles. The number of rotatable bonds is 3. The molecule has 5 heteroatoms. The Morgan fingerprint density at radius 3 is 2.50 bits per heavy atom. The van der Waals surface area contributed by atoms with E-state index in [4.69, 9.17) is 16.7 Å². The van der Waals surface area contributed by atoms with Crippen LogP contribution in [0.15, 0.2) is 59.4 Å². The van der Waals surface area contributed by atoms with Gasteiger partial charge in [0.05, 0.1) is 5.69 Å². The number of fused-ring (bicyclic) bond motifs is 1. The van der Waals surface area contributed by atoms with Crippen molar-refractivity contribution >= 4 is 34.4 Å². The Labute approximate surface area is 143 Å². The Bertz CT molecular complexity index is 1020. The summed E-state index contributed by atoms with van der Waals surface area (Å²) in [7, 11) is 1.67. The van der Waals surface area contributed by atoms with Crippen LogP contribution in [0, 0.1) is 0 Å². The summed E-state index contributed by atoms with van der Waals surface area (Å²) < 4.78 is 1.52. The van der Waals surface area contributed by atoms with Crippen LogP contribution in [0.4, 0.5) is 0 Å². The van der Waals surface area contributed by atoms with Crippen LogP contribution in [0.25, 0.3) is 28.1 Å². The van der Waals surface area contributed by atoms with Gasteiger partial charge in [-0.05, 0) is 29.2 Å². The molecule has 0 amide bonds. The number of hydrogen-bond acceptors (Lipinski definition) is 2. The molecule has 0 aliphatic carbocycles. The monoisotopic (exact) mass is 339 g/mol. The number of halogens is 1. The molecule has 0 bridgehead atoms. The zero-order chi connectivity index (χ0) is 17.3. The summed E-state index contributed by atoms with van der Waals surface area (Å²) in [4.78, 5) is 23.7. The molecule has 0 aliphatic rings. The van der Waals surface area contributed by atoms with Gasteiger partial charge in [-0.2, -0.15) is 0 Å². The molecule has 2 aromatic carbocycles. The van der Waals surface area contributed by atoms with Gasteiger partial charge in [0.15, 0.2) is 0 Å². The number of pyridine rings is 1. The van der Waals surface area contributed by atoms with Gasteiger partial charge in [0.2, 0.25) is 0 Å². The first-order valence-electron chi connectivity index (χ1n) is 7.27. The molecule has 4 nitrogen and oxygen atoms in total. The van der Waals surface area contributed by atoms with Crippen molar-refractivity contribution in [3.63, 3.8) is 0 Å². The highest BCUT2D eigenvalue weighted by molar-refractivity contribution is 6.31. The lowest BCUT2D eigenvalue weighted by atomic mass is 9.98. The van der Waals surface area contributed by atoms with Crippen LogP contribution in [0.3, 0.4) is 0 Å². The first-order chi connectivity index (χ1) is 11.5. The van der Waals surface area contributed by atoms with E-state index in [0.717, 1.165) is 11.6 Å². The van der Waals surface area contributed by atoms with Crippen LogP contribution in [0.5, 0.6) is 0 Å². The van der Waals surface area contributed by atoms with E-state index < -0.39 is 5.97 Å². The molecule has 120 valence electrons. The smallest absolute Gasteiger partial charge is 0.328 e. The Hall–Kier alpha value is -2.85. The average molecular weight is 340 g/mol. The Morgan fingerprint density at radius 1 is 1.12 bits per heavy atom. The van der Waals surface area contributed by atoms with Crippen LogP contribution >= 0.6 is 11.6 Å². The fourth-order valence-corrected chi connectivity index (χ4v) is 2.96. The molecule has 0 unspecified atom stereocenters. The lowest BCUT2D eigenvalue weighted by molar-refractivity contribution is -0.131. The highest BCUT2D eigenvalue weighted by Gasteiger charge is 2.15. The molecule has 3 rings (SSSR count). The molecule has 0 fully saturated rings. The zero-order valence-electron chi connectivity index (χ0n) is 12.9. The van der Waals surface area contributed by atoms with Crippen LogP contribution in [-0.4, -0.2) is 15.6 Å². The highest BCUT2D eigenvalue weighted by Crippen LogP contribution is 2.30. The maximum atomic E-state index is 12.7. The van der Waals surface area contributed by atoms with Crippen molar-refractivity contribution in [2.75, 3.05) is 0 Å². The maximum absolute atomic E-state index is 12.7. The van der Waals surface area contributed by atoms with Gasteiger partial charge in [-0.15, -0.1) is 0 Å². The quantitative estimate of drug-likeness (QED) is 0.735. The van der Waals surface area contributed by atoms with Gasteiger partial charge in [-0.3, -0.25) is 4.79 Å². The van der Waals surface area contributed by atoms with Crippen LogP contribution in [0.1, 0.15) is 5.56 Å². The molecular formula is C19H14ClNO3. The second kappa shape index (κ2) is 6.34. The minimum Gasteiger partial charge on any atom is -0.478 e. The zero-order valence-corrected chi connectivity index (χ0v) is 13.6. The minimum atomic E-state index is -1.05. The Balaban J connectivity index is 2.48. The SMILES string of the molecule is Cn1c(-c2ccccc2)c(/C=C/C(=O)O)c2ccc(Cl)cc2c1=O. The summed E-state index contributed by atoms with van der Waals surface area (Å²) in [5.41, 5.74) is 1.98. The Kier molecular flexibility index (Phi) is 4.23. The predicted molar refractivity (Wildman–Crippen MR) is 96.3 cm³/mol. The molecule has 1 N–H and O–H groups in total. The van der Waals surface area contributed by atoms with E-state index >= 15 is 0 Å². The number of hydrogen-bond donors (Lipinski definition) is 1. The standard InChI is InChI=1S/C19H14ClNO3/c1-21-18(12-5-3-2-4-6-12)15(9-10-17(22)23)14-8-7-13(20)11-16(14)19(21)24/h2-11H,1H3,(H,22,23)/b10-9+. The number of carbonyl (C=O) groups is 1. The number of aliphatic carboxylic acids is 1. The molecular weight excluding hydrogens is 326 g/mol. The van der Waals surface area contributed by atoms with Crippen molar-refractivity contribution in [1.29, 1.82) is 0 Å². The largest absolute Gasteiger partial charge is 0.478 e. The van der Waals surface area contributed by atoms with Gasteiger partial charge >= 0.3 is 5.97 Å². The fraction of sp³-hybridized carbons (Fsp3) is 0.0526. The molecule has 0 spiro atoms. The fourth-order valence-electron chi connectivity index (χ4n) is 2.79. The molecule has 3 aromatic rings. The van der Waals surface area contributed by atoms with Gasteiger partial charge in [0.25, 0.3) is 5.56 Å². The minimum absolute atomic E-state index is 0.182. The molecule has 0 radical (unpaired) electrons. The summed E-state index contributed by atoms with van der Waals surface area (Å²) in [5, 5.41) is 10.6. The predicted octanol–water partition coefficient (Wildman–Crippen LogP) is 3.96. The third-order valence-electron chi connectivity index (χ3n) is 3.84. The lowest BCUT2D eigenvalue weighted by Gasteiger charge is -2.15. The van der Waals surface area contributed by atoms with E-state index in [2.05, 4.69) is 0 Å². The van der Waals surface area contributed by atoms with Gasteiger partial charge < -0.3 is 9.67 Å². The van der Waals surface area contributed by atoms with E-state index in [9.17, 15) is 9.59 Å². The third kappa shape index (κ3) is 2.84. The van der Waals surface area contributed by atoms with E-state index in [1.807, 2.05) is 30.3 Å². The third-order valence-corrected chi connectivity index (χ3v) is 4.07. The van der Waals surface area contributed by atoms with Crippen LogP contribution in [0.2, 0.25) is 5.02 Å². The van der Waals surface area contributed by atoms with E-state index in [-0.39, 0.29) is 5.56 Å². The number of carboxylic acid groups (broad SMARTS) is 1. The van der Waals surface area contributed by atoms with Crippen molar-refractivity contribution in [3.8, 4) is 11.3 Å². The Morgan fingerprint density at radius 2 is 1.83 bits per heavy atom. The van der Waals surface area contributed by atoms with Crippen molar-refractivity contribution in [2.24, 2.45) is 7.05 Å². The number of carboxylic acids is 1. The summed E-state index contributed by atoms with van der Waals surface area (Å²) in [6, 6.07) is 14.4.